The lowest BCUT2D eigenvalue weighted by Gasteiger charge is -2.15. The normalized spacial score (nSPS) is 8.88. The lowest BCUT2D eigenvalue weighted by Crippen LogP contribution is -2.18. The fourth-order valence-corrected chi connectivity index (χ4v) is 2.60. The Balaban J connectivity index is 0. The third kappa shape index (κ3) is 12.5. The summed E-state index contributed by atoms with van der Waals surface area (Å²) >= 11 is 10.1. The van der Waals surface area contributed by atoms with Crippen molar-refractivity contribution in [1.82, 2.24) is 9.80 Å². The number of aliphatic hydroxyl groups excluding tert-OH is 2. The highest BCUT2D eigenvalue weighted by atomic mass is 33.1. The smallest absolute Gasteiger partial charge is 0.146 e. The van der Waals surface area contributed by atoms with Crippen LogP contribution in [0.2, 0.25) is 0 Å². The predicted octanol–water partition coefficient (Wildman–Crippen LogP) is 1.03. The van der Waals surface area contributed by atoms with Gasteiger partial charge in [0.2, 0.25) is 0 Å². The average Bonchev–Trinajstić information content (AvgIpc) is 2.25. The summed E-state index contributed by atoms with van der Waals surface area (Å²) < 4.78 is 1.67. The molecule has 0 amide bonds. The first-order valence-corrected chi connectivity index (χ1v) is 7.32. The molecule has 2 N–H and O–H groups in total. The minimum atomic E-state index is -0.125. The first kappa shape index (κ1) is 18.8. The second-order valence-corrected chi connectivity index (χ2v) is 6.33. The Morgan fingerprint density at radius 3 is 1.25 bits per heavy atom. The average molecular weight is 303 g/mol. The molecule has 0 aromatic rings. The summed E-state index contributed by atoms with van der Waals surface area (Å²) in [5.41, 5.74) is 0. The fraction of sp³-hybridized carbons (Fsp3) is 0.750. The van der Waals surface area contributed by atoms with Crippen LogP contribution in [0.4, 0.5) is 0 Å². The van der Waals surface area contributed by atoms with Crippen molar-refractivity contribution in [3.8, 4) is 0 Å². The molecule has 96 valence electrons. The maximum Gasteiger partial charge on any atom is 0.146 e. The van der Waals surface area contributed by atoms with Crippen molar-refractivity contribution in [2.24, 2.45) is 0 Å². The van der Waals surface area contributed by atoms with Crippen molar-refractivity contribution in [1.29, 1.82) is 0 Å². The largest absolute Gasteiger partial charge is 0.394 e. The van der Waals surface area contributed by atoms with Crippen LogP contribution in [0.1, 0.15) is 0 Å². The zero-order valence-corrected chi connectivity index (χ0v) is 13.1. The van der Waals surface area contributed by atoms with Gasteiger partial charge in [0.05, 0.1) is 13.2 Å². The minimum Gasteiger partial charge on any atom is -0.394 e. The summed E-state index contributed by atoms with van der Waals surface area (Å²) in [6, 6.07) is 0. The SMILES string of the molecule is CN(C)C(=S)SSC(=S)N(C)C.OCCO. The van der Waals surface area contributed by atoms with Crippen molar-refractivity contribution >= 4 is 54.7 Å². The summed E-state index contributed by atoms with van der Waals surface area (Å²) in [7, 11) is 10.7. The molecular weight excluding hydrogens is 284 g/mol. The third-order valence-electron chi connectivity index (χ3n) is 1.01. The van der Waals surface area contributed by atoms with Gasteiger partial charge in [0, 0.05) is 28.2 Å². The summed E-state index contributed by atoms with van der Waals surface area (Å²) in [5, 5.41) is 15.2. The monoisotopic (exact) mass is 302 g/mol. The van der Waals surface area contributed by atoms with Gasteiger partial charge in [-0.25, -0.2) is 0 Å². The molecule has 0 aliphatic rings. The van der Waals surface area contributed by atoms with E-state index in [9.17, 15) is 0 Å². The van der Waals surface area contributed by atoms with Gasteiger partial charge in [0.15, 0.2) is 0 Å². The van der Waals surface area contributed by atoms with Crippen LogP contribution in [0.3, 0.4) is 0 Å². The standard InChI is InChI=1S/C6H12N2S4.C2H6O2/c1-7(2)5(9)11-12-6(10)8(3)4;3-1-2-4/h1-4H3;3-4H,1-2H2. The minimum absolute atomic E-state index is 0.125. The highest BCUT2D eigenvalue weighted by Gasteiger charge is 2.04. The molecule has 0 aromatic heterocycles. The van der Waals surface area contributed by atoms with Crippen molar-refractivity contribution in [2.75, 3.05) is 41.4 Å². The van der Waals surface area contributed by atoms with E-state index >= 15 is 0 Å². The van der Waals surface area contributed by atoms with E-state index in [2.05, 4.69) is 0 Å². The van der Waals surface area contributed by atoms with Crippen molar-refractivity contribution in [2.45, 2.75) is 0 Å². The van der Waals surface area contributed by atoms with E-state index < -0.39 is 0 Å². The number of hydrogen-bond donors (Lipinski definition) is 2. The Kier molecular flexibility index (Phi) is 13.9. The van der Waals surface area contributed by atoms with Crippen LogP contribution in [0.15, 0.2) is 0 Å². The maximum absolute atomic E-state index is 7.62. The summed E-state index contributed by atoms with van der Waals surface area (Å²) in [6.07, 6.45) is 0. The van der Waals surface area contributed by atoms with Crippen LogP contribution >= 0.6 is 46.0 Å². The van der Waals surface area contributed by atoms with E-state index in [0.717, 1.165) is 8.64 Å². The molecular formula is C8H18N2O2S4. The molecule has 0 bridgehead atoms. The highest BCUT2D eigenvalue weighted by Crippen LogP contribution is 2.26. The molecule has 0 radical (unpaired) electrons. The van der Waals surface area contributed by atoms with Gasteiger partial charge in [0.25, 0.3) is 0 Å². The highest BCUT2D eigenvalue weighted by molar-refractivity contribution is 8.89. The first-order chi connectivity index (χ1) is 7.36. The molecule has 8 heteroatoms. The van der Waals surface area contributed by atoms with Gasteiger partial charge in [0.1, 0.15) is 8.64 Å². The molecule has 0 aromatic carbocycles. The molecule has 0 aliphatic carbocycles. The molecule has 0 aliphatic heterocycles. The lowest BCUT2D eigenvalue weighted by atomic mass is 10.8. The van der Waals surface area contributed by atoms with Crippen LogP contribution in [0.5, 0.6) is 0 Å². The summed E-state index contributed by atoms with van der Waals surface area (Å²) in [6.45, 7) is -0.250. The van der Waals surface area contributed by atoms with Crippen LogP contribution < -0.4 is 0 Å². The fourth-order valence-electron chi connectivity index (χ4n) is 0.220. The van der Waals surface area contributed by atoms with Crippen molar-refractivity contribution in [3.05, 3.63) is 0 Å². The molecule has 0 saturated heterocycles. The van der Waals surface area contributed by atoms with E-state index in [1.165, 1.54) is 21.6 Å². The molecule has 0 unspecified atom stereocenters. The molecule has 0 heterocycles. The zero-order valence-electron chi connectivity index (χ0n) is 9.84. The van der Waals surface area contributed by atoms with Gasteiger partial charge in [-0.05, 0) is 21.6 Å². The number of rotatable bonds is 1. The van der Waals surface area contributed by atoms with Gasteiger partial charge in [-0.3, -0.25) is 0 Å². The van der Waals surface area contributed by atoms with Gasteiger partial charge in [-0.15, -0.1) is 0 Å². The van der Waals surface area contributed by atoms with E-state index in [1.54, 1.807) is 0 Å². The Bertz CT molecular complexity index is 190. The first-order valence-electron chi connectivity index (χ1n) is 4.35. The van der Waals surface area contributed by atoms with Crippen molar-refractivity contribution < 1.29 is 10.2 Å². The van der Waals surface area contributed by atoms with E-state index in [0.29, 0.717) is 0 Å². The van der Waals surface area contributed by atoms with Crippen LogP contribution in [0, 0.1) is 0 Å². The van der Waals surface area contributed by atoms with Crippen molar-refractivity contribution in [3.63, 3.8) is 0 Å². The van der Waals surface area contributed by atoms with Gasteiger partial charge >= 0.3 is 0 Å². The second-order valence-electron chi connectivity index (χ2n) is 2.93. The Labute approximate surface area is 116 Å². The van der Waals surface area contributed by atoms with Crippen LogP contribution in [0.25, 0.3) is 0 Å². The Hall–Kier alpha value is 0.400. The topological polar surface area (TPSA) is 46.9 Å². The number of nitrogens with zero attached hydrogens (tertiary/aromatic N) is 2. The summed E-state index contributed by atoms with van der Waals surface area (Å²) in [5.74, 6) is 0. The molecule has 16 heavy (non-hydrogen) atoms. The van der Waals surface area contributed by atoms with Crippen LogP contribution in [-0.4, -0.2) is 70.1 Å². The second kappa shape index (κ2) is 11.9. The quantitative estimate of drug-likeness (QED) is 0.550. The molecule has 4 nitrogen and oxygen atoms in total. The third-order valence-corrected chi connectivity index (χ3v) is 5.17. The Morgan fingerprint density at radius 2 is 1.12 bits per heavy atom. The molecule has 0 rings (SSSR count). The van der Waals surface area contributed by atoms with Gasteiger partial charge in [-0.2, -0.15) is 0 Å². The molecule has 0 atom stereocenters. The Morgan fingerprint density at radius 1 is 0.875 bits per heavy atom. The zero-order chi connectivity index (χ0) is 13.1. The number of aliphatic hydroxyl groups is 2. The van der Waals surface area contributed by atoms with E-state index in [4.69, 9.17) is 34.6 Å². The number of thiocarbonyl (C=S) groups is 2. The predicted molar refractivity (Wildman–Crippen MR) is 81.9 cm³/mol. The lowest BCUT2D eigenvalue weighted by molar-refractivity contribution is 0.186. The van der Waals surface area contributed by atoms with E-state index in [1.807, 2.05) is 38.0 Å². The van der Waals surface area contributed by atoms with Crippen LogP contribution in [-0.2, 0) is 0 Å². The maximum atomic E-state index is 7.62. The van der Waals surface area contributed by atoms with Gasteiger partial charge in [-0.1, -0.05) is 24.4 Å². The van der Waals surface area contributed by atoms with E-state index in [-0.39, 0.29) is 13.2 Å². The molecule has 0 saturated carbocycles. The van der Waals surface area contributed by atoms with Gasteiger partial charge < -0.3 is 20.0 Å². The molecule has 0 fully saturated rings. The summed E-state index contributed by atoms with van der Waals surface area (Å²) in [4.78, 5) is 3.79. The number of hydrogen-bond acceptors (Lipinski definition) is 6. The molecule has 0 spiro atoms.